The molecule has 0 radical (unpaired) electrons. The first-order valence-electron chi connectivity index (χ1n) is 11.8. The lowest BCUT2D eigenvalue weighted by Crippen LogP contribution is -2.25. The lowest BCUT2D eigenvalue weighted by Gasteiger charge is -2.38. The summed E-state index contributed by atoms with van der Waals surface area (Å²) in [5.74, 6) is 1.96. The molecular weight excluding hydrogens is 369 g/mol. The number of halogens is 3. The highest BCUT2D eigenvalue weighted by molar-refractivity contribution is 5.37. The molecule has 0 heterocycles. The molecule has 0 nitrogen and oxygen atoms in total. The molecule has 3 heteroatoms. The molecule has 2 fully saturated rings. The standard InChI is InChI=1S/C26H37F3/c1-3-5-6-7-22-16-17-23(25(27)24(22)26(28)29)21-14-12-20(13-15-21)19-10-8-18(4-2)9-11-19/h3,5,16-21,26H,4,6-15H2,1-2H3/b5-3+. The summed E-state index contributed by atoms with van der Waals surface area (Å²) in [6, 6.07) is 3.55. The molecule has 0 aromatic heterocycles. The Balaban J connectivity index is 1.65. The highest BCUT2D eigenvalue weighted by Gasteiger charge is 2.32. The third-order valence-electron chi connectivity index (χ3n) is 7.68. The summed E-state index contributed by atoms with van der Waals surface area (Å²) in [5.41, 5.74) is 0.635. The molecule has 3 rings (SSSR count). The van der Waals surface area contributed by atoms with Gasteiger partial charge in [-0.2, -0.15) is 0 Å². The Morgan fingerprint density at radius 2 is 1.59 bits per heavy atom. The van der Waals surface area contributed by atoms with Crippen LogP contribution in [0.2, 0.25) is 0 Å². The summed E-state index contributed by atoms with van der Waals surface area (Å²) >= 11 is 0. The SMILES string of the molecule is C/C=C/CCc1ccc(C2CCC(C3CCC(CC)CC3)CC2)c(F)c1C(F)F. The molecule has 29 heavy (non-hydrogen) atoms. The van der Waals surface area contributed by atoms with Crippen LogP contribution in [-0.2, 0) is 6.42 Å². The fraction of sp³-hybridized carbons (Fsp3) is 0.692. The summed E-state index contributed by atoms with van der Waals surface area (Å²) in [6.07, 6.45) is 13.1. The van der Waals surface area contributed by atoms with E-state index in [4.69, 9.17) is 0 Å². The van der Waals surface area contributed by atoms with Crippen LogP contribution in [0.4, 0.5) is 13.2 Å². The van der Waals surface area contributed by atoms with E-state index in [2.05, 4.69) is 6.92 Å². The van der Waals surface area contributed by atoms with Gasteiger partial charge in [0.2, 0.25) is 0 Å². The van der Waals surface area contributed by atoms with Gasteiger partial charge in [-0.25, -0.2) is 13.2 Å². The third-order valence-corrected chi connectivity index (χ3v) is 7.68. The Morgan fingerprint density at radius 3 is 2.14 bits per heavy atom. The first kappa shape index (κ1) is 22.4. The van der Waals surface area contributed by atoms with Crippen LogP contribution >= 0.6 is 0 Å². The van der Waals surface area contributed by atoms with Crippen molar-refractivity contribution in [3.63, 3.8) is 0 Å². The molecule has 162 valence electrons. The highest BCUT2D eigenvalue weighted by atomic mass is 19.3. The van der Waals surface area contributed by atoms with Gasteiger partial charge in [-0.1, -0.05) is 50.5 Å². The predicted molar refractivity (Wildman–Crippen MR) is 115 cm³/mol. The highest BCUT2D eigenvalue weighted by Crippen LogP contribution is 2.45. The monoisotopic (exact) mass is 406 g/mol. The van der Waals surface area contributed by atoms with E-state index >= 15 is 4.39 Å². The zero-order chi connectivity index (χ0) is 20.8. The molecule has 0 unspecified atom stereocenters. The van der Waals surface area contributed by atoms with Gasteiger partial charge in [0.1, 0.15) is 5.82 Å². The smallest absolute Gasteiger partial charge is 0.206 e. The van der Waals surface area contributed by atoms with Crippen LogP contribution in [0.1, 0.15) is 107 Å². The van der Waals surface area contributed by atoms with Crippen LogP contribution in [0.3, 0.4) is 0 Å². The van der Waals surface area contributed by atoms with Crippen molar-refractivity contribution in [1.29, 1.82) is 0 Å². The van der Waals surface area contributed by atoms with Crippen LogP contribution in [0, 0.1) is 23.6 Å². The van der Waals surface area contributed by atoms with Gasteiger partial charge in [-0.15, -0.1) is 0 Å². The first-order chi connectivity index (χ1) is 14.0. The minimum atomic E-state index is -2.75. The summed E-state index contributed by atoms with van der Waals surface area (Å²) in [5, 5.41) is 0. The Morgan fingerprint density at radius 1 is 0.966 bits per heavy atom. The number of alkyl halides is 2. The van der Waals surface area contributed by atoms with Crippen molar-refractivity contribution in [2.45, 2.75) is 96.8 Å². The molecule has 2 aliphatic carbocycles. The van der Waals surface area contributed by atoms with E-state index in [0.29, 0.717) is 24.0 Å². The minimum absolute atomic E-state index is 0.0975. The molecule has 0 atom stereocenters. The second-order valence-electron chi connectivity index (χ2n) is 9.25. The second kappa shape index (κ2) is 10.7. The molecule has 0 aliphatic heterocycles. The number of rotatable bonds is 7. The van der Waals surface area contributed by atoms with Gasteiger partial charge in [0.05, 0.1) is 5.56 Å². The van der Waals surface area contributed by atoms with Crippen molar-refractivity contribution >= 4 is 0 Å². The van der Waals surface area contributed by atoms with Crippen molar-refractivity contribution in [2.75, 3.05) is 0 Å². The summed E-state index contributed by atoms with van der Waals surface area (Å²) in [7, 11) is 0. The predicted octanol–water partition coefficient (Wildman–Crippen LogP) is 8.76. The van der Waals surface area contributed by atoms with E-state index in [-0.39, 0.29) is 11.5 Å². The van der Waals surface area contributed by atoms with Gasteiger partial charge in [0.15, 0.2) is 0 Å². The fourth-order valence-electron chi connectivity index (χ4n) is 5.79. The zero-order valence-electron chi connectivity index (χ0n) is 18.1. The maximum Gasteiger partial charge on any atom is 0.266 e. The lowest BCUT2D eigenvalue weighted by molar-refractivity contribution is 0.143. The van der Waals surface area contributed by atoms with Crippen LogP contribution in [0.5, 0.6) is 0 Å². The molecule has 2 saturated carbocycles. The molecule has 1 aromatic carbocycles. The quantitative estimate of drug-likeness (QED) is 0.397. The van der Waals surface area contributed by atoms with Gasteiger partial charge in [-0.3, -0.25) is 0 Å². The average Bonchev–Trinajstić information content (AvgIpc) is 2.74. The van der Waals surface area contributed by atoms with Gasteiger partial charge >= 0.3 is 0 Å². The maximum absolute atomic E-state index is 15.1. The van der Waals surface area contributed by atoms with Crippen LogP contribution in [-0.4, -0.2) is 0 Å². The van der Waals surface area contributed by atoms with Crippen LogP contribution in [0.15, 0.2) is 24.3 Å². The molecule has 0 N–H and O–H groups in total. The summed E-state index contributed by atoms with van der Waals surface area (Å²) in [4.78, 5) is 0. The zero-order valence-corrected chi connectivity index (χ0v) is 18.1. The van der Waals surface area contributed by atoms with E-state index in [9.17, 15) is 8.78 Å². The van der Waals surface area contributed by atoms with Gasteiger partial charge in [-0.05, 0) is 93.1 Å². The molecule has 0 bridgehead atoms. The normalized spacial score (nSPS) is 28.3. The molecule has 0 amide bonds. The van der Waals surface area contributed by atoms with Crippen LogP contribution in [0.25, 0.3) is 0 Å². The first-order valence-corrected chi connectivity index (χ1v) is 11.8. The van der Waals surface area contributed by atoms with E-state index in [1.807, 2.05) is 19.1 Å². The largest absolute Gasteiger partial charge is 0.266 e. The topological polar surface area (TPSA) is 0 Å². The van der Waals surface area contributed by atoms with E-state index in [1.165, 1.54) is 32.1 Å². The van der Waals surface area contributed by atoms with Crippen molar-refractivity contribution < 1.29 is 13.2 Å². The number of allylic oxidation sites excluding steroid dienone is 2. The summed E-state index contributed by atoms with van der Waals surface area (Å²) in [6.45, 7) is 4.20. The van der Waals surface area contributed by atoms with Gasteiger partial charge < -0.3 is 0 Å². The van der Waals surface area contributed by atoms with Gasteiger partial charge in [0.25, 0.3) is 6.43 Å². The molecule has 0 saturated heterocycles. The van der Waals surface area contributed by atoms with E-state index in [0.717, 1.165) is 43.4 Å². The van der Waals surface area contributed by atoms with E-state index in [1.54, 1.807) is 12.1 Å². The van der Waals surface area contributed by atoms with Crippen molar-refractivity contribution in [1.82, 2.24) is 0 Å². The Bertz CT molecular complexity index is 663. The lowest BCUT2D eigenvalue weighted by atomic mass is 9.68. The number of aryl methyl sites for hydroxylation is 1. The minimum Gasteiger partial charge on any atom is -0.206 e. The number of benzene rings is 1. The van der Waals surface area contributed by atoms with Crippen molar-refractivity contribution in [3.8, 4) is 0 Å². The number of hydrogen-bond acceptors (Lipinski definition) is 0. The Hall–Kier alpha value is -1.25. The molecule has 0 spiro atoms. The Labute approximate surface area is 175 Å². The molecular formula is C26H37F3. The van der Waals surface area contributed by atoms with Crippen molar-refractivity contribution in [3.05, 3.63) is 46.8 Å². The molecule has 1 aromatic rings. The van der Waals surface area contributed by atoms with E-state index < -0.39 is 12.2 Å². The average molecular weight is 407 g/mol. The second-order valence-corrected chi connectivity index (χ2v) is 9.25. The van der Waals surface area contributed by atoms with Crippen molar-refractivity contribution in [2.24, 2.45) is 17.8 Å². The third kappa shape index (κ3) is 5.47. The Kier molecular flexibility index (Phi) is 8.26. The fourth-order valence-corrected chi connectivity index (χ4v) is 5.79. The molecule has 2 aliphatic rings. The summed E-state index contributed by atoms with van der Waals surface area (Å²) < 4.78 is 42.4. The van der Waals surface area contributed by atoms with Crippen LogP contribution < -0.4 is 0 Å². The maximum atomic E-state index is 15.1. The van der Waals surface area contributed by atoms with Gasteiger partial charge in [0, 0.05) is 0 Å². The number of hydrogen-bond donors (Lipinski definition) is 0.